The van der Waals surface area contributed by atoms with Crippen LogP contribution in [0.4, 0.5) is 0 Å². The Bertz CT molecular complexity index is 795. The molecule has 8 nitrogen and oxygen atoms in total. The monoisotopic (exact) mass is 392 g/mol. The predicted molar refractivity (Wildman–Crippen MR) is 102 cm³/mol. The zero-order chi connectivity index (χ0) is 19.4. The van der Waals surface area contributed by atoms with Crippen LogP contribution in [0.15, 0.2) is 17.3 Å². The zero-order valence-electron chi connectivity index (χ0n) is 15.9. The van der Waals surface area contributed by atoms with Gasteiger partial charge >= 0.3 is 0 Å². The summed E-state index contributed by atoms with van der Waals surface area (Å²) in [6.07, 6.45) is 2.31. The number of thioether (sulfide) groups is 1. The maximum absolute atomic E-state index is 12.2. The van der Waals surface area contributed by atoms with E-state index in [4.69, 9.17) is 14.2 Å². The molecular formula is C18H24N4O4S. The predicted octanol–water partition coefficient (Wildman–Crippen LogP) is 2.36. The van der Waals surface area contributed by atoms with Gasteiger partial charge in [0.25, 0.3) is 0 Å². The van der Waals surface area contributed by atoms with Gasteiger partial charge in [0, 0.05) is 12.6 Å². The number of rotatable bonds is 9. The number of nitrogens with zero attached hydrogens (tertiary/aromatic N) is 3. The van der Waals surface area contributed by atoms with E-state index in [2.05, 4.69) is 20.1 Å². The molecule has 1 N–H and O–H groups in total. The van der Waals surface area contributed by atoms with Crippen molar-refractivity contribution in [3.8, 4) is 17.2 Å². The Morgan fingerprint density at radius 2 is 1.85 bits per heavy atom. The molecule has 1 aromatic heterocycles. The van der Waals surface area contributed by atoms with Crippen LogP contribution in [0.3, 0.4) is 0 Å². The number of hydrogen-bond donors (Lipinski definition) is 1. The van der Waals surface area contributed by atoms with E-state index >= 15 is 0 Å². The lowest BCUT2D eigenvalue weighted by atomic mass is 10.2. The standard InChI is InChI=1S/C18H24N4O4S/c1-11-20-21-18(22(11)13-5-6-13)27-10-16(23)19-9-12-7-14(24-2)17(26-4)15(8-12)25-3/h7-8,13H,5-6,9-10H2,1-4H3,(H,19,23). The summed E-state index contributed by atoms with van der Waals surface area (Å²) in [5.41, 5.74) is 0.861. The van der Waals surface area contributed by atoms with Gasteiger partial charge in [0.05, 0.1) is 27.1 Å². The number of ether oxygens (including phenoxy) is 3. The Hall–Kier alpha value is -2.42. The Balaban J connectivity index is 1.58. The molecule has 1 fully saturated rings. The van der Waals surface area contributed by atoms with Crippen molar-refractivity contribution < 1.29 is 19.0 Å². The third kappa shape index (κ3) is 4.47. The molecule has 0 saturated heterocycles. The van der Waals surface area contributed by atoms with Crippen LogP contribution in [-0.2, 0) is 11.3 Å². The van der Waals surface area contributed by atoms with Crippen molar-refractivity contribution in [3.05, 3.63) is 23.5 Å². The number of hydrogen-bond acceptors (Lipinski definition) is 7. The van der Waals surface area contributed by atoms with Crippen molar-refractivity contribution in [2.45, 2.75) is 37.5 Å². The molecule has 1 aromatic carbocycles. The quantitative estimate of drug-likeness (QED) is 0.656. The van der Waals surface area contributed by atoms with E-state index in [0.29, 0.717) is 29.8 Å². The first-order valence-corrected chi connectivity index (χ1v) is 9.65. The van der Waals surface area contributed by atoms with E-state index in [-0.39, 0.29) is 11.7 Å². The molecule has 0 atom stereocenters. The fourth-order valence-electron chi connectivity index (χ4n) is 2.82. The van der Waals surface area contributed by atoms with Crippen LogP contribution < -0.4 is 19.5 Å². The number of amides is 1. The molecule has 0 spiro atoms. The van der Waals surface area contributed by atoms with Crippen LogP contribution in [0, 0.1) is 6.92 Å². The molecule has 0 aliphatic heterocycles. The van der Waals surface area contributed by atoms with Crippen LogP contribution in [0.5, 0.6) is 17.2 Å². The van der Waals surface area contributed by atoms with Gasteiger partial charge in [-0.3, -0.25) is 4.79 Å². The minimum absolute atomic E-state index is 0.0725. The molecule has 27 heavy (non-hydrogen) atoms. The number of carbonyl (C=O) groups excluding carboxylic acids is 1. The largest absolute Gasteiger partial charge is 0.493 e. The first-order valence-electron chi connectivity index (χ1n) is 8.67. The normalized spacial score (nSPS) is 13.3. The second kappa shape index (κ2) is 8.51. The molecule has 0 unspecified atom stereocenters. The molecule has 1 amide bonds. The Kier molecular flexibility index (Phi) is 6.10. The van der Waals surface area contributed by atoms with Crippen molar-refractivity contribution in [1.82, 2.24) is 20.1 Å². The third-order valence-corrected chi connectivity index (χ3v) is 5.24. The molecule has 1 aliphatic rings. The number of nitrogens with one attached hydrogen (secondary N) is 1. The fraction of sp³-hybridized carbons (Fsp3) is 0.500. The maximum atomic E-state index is 12.2. The van der Waals surface area contributed by atoms with Gasteiger partial charge < -0.3 is 24.1 Å². The number of aryl methyl sites for hydroxylation is 1. The van der Waals surface area contributed by atoms with Crippen LogP contribution >= 0.6 is 11.8 Å². The summed E-state index contributed by atoms with van der Waals surface area (Å²) in [5.74, 6) is 2.76. The summed E-state index contributed by atoms with van der Waals surface area (Å²) < 4.78 is 18.1. The molecule has 3 rings (SSSR count). The van der Waals surface area contributed by atoms with Crippen LogP contribution in [-0.4, -0.2) is 47.8 Å². The first kappa shape index (κ1) is 19.3. The Morgan fingerprint density at radius 1 is 1.19 bits per heavy atom. The molecule has 1 aliphatic carbocycles. The molecule has 1 saturated carbocycles. The molecule has 9 heteroatoms. The number of benzene rings is 1. The summed E-state index contributed by atoms with van der Waals surface area (Å²) in [7, 11) is 4.68. The van der Waals surface area contributed by atoms with Crippen LogP contribution in [0.1, 0.15) is 30.3 Å². The third-order valence-electron chi connectivity index (χ3n) is 4.29. The maximum Gasteiger partial charge on any atom is 0.230 e. The highest BCUT2D eigenvalue weighted by molar-refractivity contribution is 7.99. The highest BCUT2D eigenvalue weighted by Crippen LogP contribution is 2.39. The number of carbonyl (C=O) groups is 1. The summed E-state index contributed by atoms with van der Waals surface area (Å²) >= 11 is 1.41. The van der Waals surface area contributed by atoms with Gasteiger partial charge in [-0.25, -0.2) is 0 Å². The fourth-order valence-corrected chi connectivity index (χ4v) is 3.70. The summed E-state index contributed by atoms with van der Waals surface area (Å²) in [6, 6.07) is 4.13. The van der Waals surface area contributed by atoms with E-state index in [9.17, 15) is 4.79 Å². The SMILES string of the molecule is COc1cc(CNC(=O)CSc2nnc(C)n2C2CC2)cc(OC)c1OC. The lowest BCUT2D eigenvalue weighted by Crippen LogP contribution is -2.24. The second-order valence-corrected chi connectivity index (χ2v) is 7.17. The average molecular weight is 392 g/mol. The molecule has 146 valence electrons. The van der Waals surface area contributed by atoms with E-state index in [1.807, 2.05) is 19.1 Å². The molecule has 0 radical (unpaired) electrons. The lowest BCUT2D eigenvalue weighted by molar-refractivity contribution is -0.118. The minimum atomic E-state index is -0.0725. The second-order valence-electron chi connectivity index (χ2n) is 6.23. The molecule has 1 heterocycles. The molecule has 2 aromatic rings. The van der Waals surface area contributed by atoms with Gasteiger partial charge in [0.1, 0.15) is 5.82 Å². The zero-order valence-corrected chi connectivity index (χ0v) is 16.8. The summed E-state index contributed by atoms with van der Waals surface area (Å²) in [4.78, 5) is 12.2. The number of aromatic nitrogens is 3. The minimum Gasteiger partial charge on any atom is -0.493 e. The van der Waals surface area contributed by atoms with Crippen LogP contribution in [0.25, 0.3) is 0 Å². The summed E-state index contributed by atoms with van der Waals surface area (Å²) in [5, 5.41) is 12.0. The van der Waals surface area contributed by atoms with Gasteiger partial charge in [-0.05, 0) is 37.5 Å². The van der Waals surface area contributed by atoms with E-state index in [1.54, 1.807) is 21.3 Å². The van der Waals surface area contributed by atoms with Crippen LogP contribution in [0.2, 0.25) is 0 Å². The van der Waals surface area contributed by atoms with Gasteiger partial charge in [-0.1, -0.05) is 11.8 Å². The Labute approximate surface area is 162 Å². The van der Waals surface area contributed by atoms with Crippen molar-refractivity contribution in [3.63, 3.8) is 0 Å². The van der Waals surface area contributed by atoms with Gasteiger partial charge in [0.15, 0.2) is 16.7 Å². The lowest BCUT2D eigenvalue weighted by Gasteiger charge is -2.14. The van der Waals surface area contributed by atoms with E-state index < -0.39 is 0 Å². The van der Waals surface area contributed by atoms with Crippen molar-refractivity contribution in [2.75, 3.05) is 27.1 Å². The highest BCUT2D eigenvalue weighted by Gasteiger charge is 2.28. The Morgan fingerprint density at radius 3 is 2.41 bits per heavy atom. The number of methoxy groups -OCH3 is 3. The van der Waals surface area contributed by atoms with E-state index in [1.165, 1.54) is 11.8 Å². The van der Waals surface area contributed by atoms with Crippen molar-refractivity contribution >= 4 is 17.7 Å². The van der Waals surface area contributed by atoms with Gasteiger partial charge in [0.2, 0.25) is 11.7 Å². The van der Waals surface area contributed by atoms with Crippen molar-refractivity contribution in [1.29, 1.82) is 0 Å². The first-order chi connectivity index (χ1) is 13.1. The smallest absolute Gasteiger partial charge is 0.230 e. The molecule has 0 bridgehead atoms. The average Bonchev–Trinajstić information content (AvgIpc) is 3.45. The van der Waals surface area contributed by atoms with Gasteiger partial charge in [-0.15, -0.1) is 10.2 Å². The topological polar surface area (TPSA) is 87.5 Å². The van der Waals surface area contributed by atoms with Gasteiger partial charge in [-0.2, -0.15) is 0 Å². The molecular weight excluding hydrogens is 368 g/mol. The van der Waals surface area contributed by atoms with Crippen molar-refractivity contribution in [2.24, 2.45) is 0 Å². The van der Waals surface area contributed by atoms with E-state index in [0.717, 1.165) is 29.4 Å². The highest BCUT2D eigenvalue weighted by atomic mass is 32.2. The summed E-state index contributed by atoms with van der Waals surface area (Å²) in [6.45, 7) is 2.31.